The van der Waals surface area contributed by atoms with Crippen LogP contribution >= 0.6 is 0 Å². The number of aromatic hydroxyl groups is 1. The maximum Gasteiger partial charge on any atom is 0.306 e. The number of carbonyl (C=O) groups is 1. The van der Waals surface area contributed by atoms with Gasteiger partial charge in [0.15, 0.2) is 0 Å². The van der Waals surface area contributed by atoms with E-state index < -0.39 is 5.97 Å². The largest absolute Gasteiger partial charge is 0.508 e. The normalized spacial score (nSPS) is 23.5. The van der Waals surface area contributed by atoms with E-state index in [0.29, 0.717) is 25.1 Å². The number of phenolic OH excluding ortho intramolecular Hbond substituents is 1. The van der Waals surface area contributed by atoms with E-state index in [4.69, 9.17) is 9.84 Å². The Bertz CT molecular complexity index is 489. The lowest BCUT2D eigenvalue weighted by Crippen LogP contribution is -2.42. The Morgan fingerprint density at radius 3 is 2.85 bits per heavy atom. The molecule has 2 atom stereocenters. The van der Waals surface area contributed by atoms with Gasteiger partial charge >= 0.3 is 5.97 Å². The monoisotopic (exact) mass is 279 g/mol. The van der Waals surface area contributed by atoms with E-state index in [1.54, 1.807) is 19.2 Å². The van der Waals surface area contributed by atoms with E-state index in [0.717, 1.165) is 12.1 Å². The molecule has 2 unspecified atom stereocenters. The molecule has 1 aromatic rings. The number of aliphatic carboxylic acids is 1. The molecular weight excluding hydrogens is 258 g/mol. The molecule has 5 nitrogen and oxygen atoms in total. The SMILES string of the molecule is COc1ccc(O)c(CN2CCC(C(=O)O)CC2C)c1. The molecule has 2 N–H and O–H groups in total. The van der Waals surface area contributed by atoms with Gasteiger partial charge in [-0.25, -0.2) is 0 Å². The quantitative estimate of drug-likeness (QED) is 0.883. The Labute approximate surface area is 118 Å². The summed E-state index contributed by atoms with van der Waals surface area (Å²) in [6, 6.07) is 5.36. The van der Waals surface area contributed by atoms with Gasteiger partial charge in [0.2, 0.25) is 0 Å². The fraction of sp³-hybridized carbons (Fsp3) is 0.533. The maximum atomic E-state index is 11.0. The number of hydrogen-bond donors (Lipinski definition) is 2. The van der Waals surface area contributed by atoms with Gasteiger partial charge < -0.3 is 14.9 Å². The van der Waals surface area contributed by atoms with Gasteiger partial charge in [-0.2, -0.15) is 0 Å². The van der Waals surface area contributed by atoms with Crippen LogP contribution in [-0.4, -0.2) is 40.8 Å². The highest BCUT2D eigenvalue weighted by Gasteiger charge is 2.29. The smallest absolute Gasteiger partial charge is 0.306 e. The highest BCUT2D eigenvalue weighted by Crippen LogP contribution is 2.29. The Balaban J connectivity index is 2.05. The first-order valence-electron chi connectivity index (χ1n) is 6.84. The van der Waals surface area contributed by atoms with Crippen molar-refractivity contribution in [2.75, 3.05) is 13.7 Å². The molecule has 1 aliphatic heterocycles. The minimum Gasteiger partial charge on any atom is -0.508 e. The zero-order valence-electron chi connectivity index (χ0n) is 11.9. The van der Waals surface area contributed by atoms with Gasteiger partial charge in [-0.05, 0) is 44.5 Å². The summed E-state index contributed by atoms with van der Waals surface area (Å²) in [6.45, 7) is 3.37. The molecule has 0 aliphatic carbocycles. The van der Waals surface area contributed by atoms with E-state index in [-0.39, 0.29) is 17.7 Å². The molecule has 110 valence electrons. The number of ether oxygens (including phenoxy) is 1. The van der Waals surface area contributed by atoms with Gasteiger partial charge in [-0.1, -0.05) is 0 Å². The fourth-order valence-corrected chi connectivity index (χ4v) is 2.71. The molecule has 0 spiro atoms. The molecule has 1 fully saturated rings. The molecule has 1 heterocycles. The molecule has 0 bridgehead atoms. The van der Waals surface area contributed by atoms with Crippen molar-refractivity contribution in [3.63, 3.8) is 0 Å². The summed E-state index contributed by atoms with van der Waals surface area (Å²) in [5.41, 5.74) is 0.810. The summed E-state index contributed by atoms with van der Waals surface area (Å²) >= 11 is 0. The second-order valence-corrected chi connectivity index (χ2v) is 5.37. The molecule has 1 aromatic carbocycles. The van der Waals surface area contributed by atoms with Crippen LogP contribution in [0, 0.1) is 5.92 Å². The number of piperidine rings is 1. The summed E-state index contributed by atoms with van der Waals surface area (Å²) in [7, 11) is 1.59. The van der Waals surface area contributed by atoms with Crippen molar-refractivity contribution in [2.24, 2.45) is 5.92 Å². The summed E-state index contributed by atoms with van der Waals surface area (Å²) in [6.07, 6.45) is 1.31. The molecule has 20 heavy (non-hydrogen) atoms. The lowest BCUT2D eigenvalue weighted by molar-refractivity contribution is -0.144. The number of methoxy groups -OCH3 is 1. The van der Waals surface area contributed by atoms with E-state index in [2.05, 4.69) is 4.90 Å². The van der Waals surface area contributed by atoms with Crippen molar-refractivity contribution in [3.05, 3.63) is 23.8 Å². The molecule has 5 heteroatoms. The standard InChI is InChI=1S/C15H21NO4/c1-10-7-11(15(18)19)5-6-16(10)9-12-8-13(20-2)3-4-14(12)17/h3-4,8,10-11,17H,5-7,9H2,1-2H3,(H,18,19). The predicted octanol–water partition coefficient (Wildman–Crippen LogP) is 2.09. The topological polar surface area (TPSA) is 70.0 Å². The number of rotatable bonds is 4. The van der Waals surface area contributed by atoms with Crippen molar-refractivity contribution < 1.29 is 19.7 Å². The number of carboxylic acid groups (broad SMARTS) is 1. The Kier molecular flexibility index (Phi) is 4.49. The van der Waals surface area contributed by atoms with Crippen LogP contribution in [0.15, 0.2) is 18.2 Å². The average molecular weight is 279 g/mol. The third-order valence-corrected chi connectivity index (χ3v) is 4.02. The van der Waals surface area contributed by atoms with Gasteiger partial charge in [-0.3, -0.25) is 9.69 Å². The fourth-order valence-electron chi connectivity index (χ4n) is 2.71. The third kappa shape index (κ3) is 3.22. The van der Waals surface area contributed by atoms with Crippen LogP contribution in [0.3, 0.4) is 0 Å². The second-order valence-electron chi connectivity index (χ2n) is 5.37. The Hall–Kier alpha value is -1.75. The molecule has 0 aromatic heterocycles. The zero-order valence-corrected chi connectivity index (χ0v) is 11.9. The van der Waals surface area contributed by atoms with Gasteiger partial charge in [-0.15, -0.1) is 0 Å². The Morgan fingerprint density at radius 2 is 2.25 bits per heavy atom. The van der Waals surface area contributed by atoms with Gasteiger partial charge in [0.25, 0.3) is 0 Å². The second kappa shape index (κ2) is 6.13. The minimum atomic E-state index is -0.708. The van der Waals surface area contributed by atoms with Crippen LogP contribution in [0.5, 0.6) is 11.5 Å². The number of benzene rings is 1. The molecule has 1 aliphatic rings. The van der Waals surface area contributed by atoms with Crippen LogP contribution in [0.1, 0.15) is 25.3 Å². The van der Waals surface area contributed by atoms with Crippen LogP contribution in [-0.2, 0) is 11.3 Å². The van der Waals surface area contributed by atoms with E-state index >= 15 is 0 Å². The summed E-state index contributed by atoms with van der Waals surface area (Å²) < 4.78 is 5.17. The van der Waals surface area contributed by atoms with E-state index in [9.17, 15) is 9.90 Å². The molecule has 2 rings (SSSR count). The van der Waals surface area contributed by atoms with Crippen molar-refractivity contribution in [1.82, 2.24) is 4.90 Å². The lowest BCUT2D eigenvalue weighted by atomic mass is 9.91. The van der Waals surface area contributed by atoms with Crippen molar-refractivity contribution in [1.29, 1.82) is 0 Å². The average Bonchev–Trinajstić information content (AvgIpc) is 2.43. The van der Waals surface area contributed by atoms with Gasteiger partial charge in [0, 0.05) is 18.2 Å². The number of phenols is 1. The maximum absolute atomic E-state index is 11.0. The number of carboxylic acids is 1. The number of hydrogen-bond acceptors (Lipinski definition) is 4. The first kappa shape index (κ1) is 14.7. The van der Waals surface area contributed by atoms with E-state index in [1.807, 2.05) is 13.0 Å². The van der Waals surface area contributed by atoms with E-state index in [1.165, 1.54) is 0 Å². The van der Waals surface area contributed by atoms with Crippen molar-refractivity contribution >= 4 is 5.97 Å². The van der Waals surface area contributed by atoms with Crippen LogP contribution < -0.4 is 4.74 Å². The number of nitrogens with zero attached hydrogens (tertiary/aromatic N) is 1. The Morgan fingerprint density at radius 1 is 1.50 bits per heavy atom. The van der Waals surface area contributed by atoms with Crippen LogP contribution in [0.25, 0.3) is 0 Å². The molecule has 1 saturated heterocycles. The first-order chi connectivity index (χ1) is 9.51. The molecule has 0 saturated carbocycles. The van der Waals surface area contributed by atoms with Crippen LogP contribution in [0.4, 0.5) is 0 Å². The highest BCUT2D eigenvalue weighted by atomic mass is 16.5. The predicted molar refractivity (Wildman–Crippen MR) is 74.9 cm³/mol. The molecule has 0 amide bonds. The van der Waals surface area contributed by atoms with Crippen molar-refractivity contribution in [3.8, 4) is 11.5 Å². The van der Waals surface area contributed by atoms with Gasteiger partial charge in [0.05, 0.1) is 13.0 Å². The van der Waals surface area contributed by atoms with Crippen molar-refractivity contribution in [2.45, 2.75) is 32.4 Å². The molecule has 0 radical (unpaired) electrons. The zero-order chi connectivity index (χ0) is 14.7. The van der Waals surface area contributed by atoms with Gasteiger partial charge in [0.1, 0.15) is 11.5 Å². The summed E-state index contributed by atoms with van der Waals surface area (Å²) in [5, 5.41) is 19.0. The summed E-state index contributed by atoms with van der Waals surface area (Å²) in [4.78, 5) is 13.2. The minimum absolute atomic E-state index is 0.190. The molecular formula is C15H21NO4. The highest BCUT2D eigenvalue weighted by molar-refractivity contribution is 5.70. The third-order valence-electron chi connectivity index (χ3n) is 4.02. The number of likely N-dealkylation sites (tertiary alicyclic amines) is 1. The lowest BCUT2D eigenvalue weighted by Gasteiger charge is -2.36. The first-order valence-corrected chi connectivity index (χ1v) is 6.84. The van der Waals surface area contributed by atoms with Crippen LogP contribution in [0.2, 0.25) is 0 Å². The summed E-state index contributed by atoms with van der Waals surface area (Å²) in [5.74, 6) is 0.00474.